The molecule has 0 aromatic carbocycles. The fourth-order valence-electron chi connectivity index (χ4n) is 3.71. The molecular formula is C14H22N2O2. The molecule has 3 fully saturated rings. The molecule has 0 aromatic rings. The van der Waals surface area contributed by atoms with Crippen molar-refractivity contribution >= 4 is 11.8 Å². The van der Waals surface area contributed by atoms with Gasteiger partial charge in [0.05, 0.1) is 11.8 Å². The molecule has 3 aliphatic rings. The van der Waals surface area contributed by atoms with Crippen LogP contribution in [0.2, 0.25) is 0 Å². The summed E-state index contributed by atoms with van der Waals surface area (Å²) in [6.45, 7) is 6.85. The third-order valence-corrected chi connectivity index (χ3v) is 5.11. The van der Waals surface area contributed by atoms with Gasteiger partial charge in [-0.25, -0.2) is 0 Å². The van der Waals surface area contributed by atoms with Gasteiger partial charge in [0.25, 0.3) is 0 Å². The van der Waals surface area contributed by atoms with Crippen LogP contribution in [0.1, 0.15) is 33.1 Å². The van der Waals surface area contributed by atoms with E-state index in [1.165, 1.54) is 17.7 Å². The second kappa shape index (κ2) is 4.05. The third-order valence-electron chi connectivity index (χ3n) is 5.11. The van der Waals surface area contributed by atoms with Gasteiger partial charge in [-0.3, -0.25) is 14.5 Å². The van der Waals surface area contributed by atoms with E-state index in [4.69, 9.17) is 0 Å². The molecule has 2 heterocycles. The third kappa shape index (κ3) is 1.69. The van der Waals surface area contributed by atoms with E-state index in [1.54, 1.807) is 0 Å². The van der Waals surface area contributed by atoms with Crippen LogP contribution in [0.3, 0.4) is 0 Å². The molecule has 0 radical (unpaired) electrons. The summed E-state index contributed by atoms with van der Waals surface area (Å²) in [5, 5.41) is 3.34. The van der Waals surface area contributed by atoms with Crippen molar-refractivity contribution in [3.05, 3.63) is 0 Å². The van der Waals surface area contributed by atoms with Crippen molar-refractivity contribution in [2.24, 2.45) is 23.2 Å². The van der Waals surface area contributed by atoms with Gasteiger partial charge in [-0.1, -0.05) is 13.8 Å². The fraction of sp³-hybridized carbons (Fsp3) is 0.857. The van der Waals surface area contributed by atoms with Crippen molar-refractivity contribution in [2.45, 2.75) is 33.1 Å². The van der Waals surface area contributed by atoms with Crippen LogP contribution in [0.15, 0.2) is 0 Å². The van der Waals surface area contributed by atoms with Gasteiger partial charge in [-0.05, 0) is 43.7 Å². The molecular weight excluding hydrogens is 228 g/mol. The highest BCUT2D eigenvalue weighted by Crippen LogP contribution is 2.63. The van der Waals surface area contributed by atoms with Gasteiger partial charge >= 0.3 is 0 Å². The summed E-state index contributed by atoms with van der Waals surface area (Å²) in [5.41, 5.74) is -0.0700. The number of hydrogen-bond donors (Lipinski definition) is 1. The molecule has 1 saturated carbocycles. The van der Waals surface area contributed by atoms with Gasteiger partial charge < -0.3 is 5.32 Å². The van der Waals surface area contributed by atoms with E-state index >= 15 is 0 Å². The van der Waals surface area contributed by atoms with Crippen molar-refractivity contribution in [1.29, 1.82) is 0 Å². The van der Waals surface area contributed by atoms with E-state index in [0.29, 0.717) is 12.5 Å². The molecule has 18 heavy (non-hydrogen) atoms. The molecule has 1 aliphatic carbocycles. The average molecular weight is 250 g/mol. The molecule has 0 aromatic heterocycles. The topological polar surface area (TPSA) is 49.4 Å². The minimum absolute atomic E-state index is 0.0157. The van der Waals surface area contributed by atoms with Crippen LogP contribution in [0.4, 0.5) is 0 Å². The summed E-state index contributed by atoms with van der Waals surface area (Å²) in [6.07, 6.45) is 3.34. The molecule has 0 spiro atoms. The van der Waals surface area contributed by atoms with Gasteiger partial charge in [-0.15, -0.1) is 0 Å². The van der Waals surface area contributed by atoms with Crippen LogP contribution in [0.5, 0.6) is 0 Å². The molecule has 2 saturated heterocycles. The monoisotopic (exact) mass is 250 g/mol. The van der Waals surface area contributed by atoms with Crippen molar-refractivity contribution in [1.82, 2.24) is 10.2 Å². The van der Waals surface area contributed by atoms with Gasteiger partial charge in [0.1, 0.15) is 0 Å². The lowest BCUT2D eigenvalue weighted by Gasteiger charge is -2.26. The molecule has 4 nitrogen and oxygen atoms in total. The van der Waals surface area contributed by atoms with Crippen molar-refractivity contribution < 1.29 is 9.59 Å². The maximum Gasteiger partial charge on any atom is 0.233 e. The van der Waals surface area contributed by atoms with E-state index < -0.39 is 0 Å². The number of hydrogen-bond acceptors (Lipinski definition) is 3. The first-order chi connectivity index (χ1) is 8.53. The van der Waals surface area contributed by atoms with Crippen LogP contribution in [-0.4, -0.2) is 36.3 Å². The standard InChI is InChI=1S/C14H22N2O2/c1-14(2)10-11(14)13(18)16(12(10)17)8-5-9-3-6-15-7-4-9/h9-11,15H,3-8H2,1-2H3. The molecule has 2 unspecified atom stereocenters. The van der Waals surface area contributed by atoms with Crippen LogP contribution >= 0.6 is 0 Å². The number of fused-ring (bicyclic) bond motifs is 1. The number of carbonyl (C=O) groups is 2. The van der Waals surface area contributed by atoms with E-state index in [-0.39, 0.29) is 29.1 Å². The number of likely N-dealkylation sites (tertiary alicyclic amines) is 1. The highest BCUT2D eigenvalue weighted by molar-refractivity contribution is 6.10. The Kier molecular flexibility index (Phi) is 2.73. The highest BCUT2D eigenvalue weighted by atomic mass is 16.2. The number of nitrogens with one attached hydrogen (secondary N) is 1. The van der Waals surface area contributed by atoms with Crippen molar-refractivity contribution in [3.63, 3.8) is 0 Å². The zero-order chi connectivity index (χ0) is 12.9. The molecule has 4 heteroatoms. The Labute approximate surface area is 108 Å². The largest absolute Gasteiger partial charge is 0.317 e. The zero-order valence-corrected chi connectivity index (χ0v) is 11.2. The number of imide groups is 1. The number of nitrogens with zero attached hydrogens (tertiary/aromatic N) is 1. The van der Waals surface area contributed by atoms with Crippen molar-refractivity contribution in [2.75, 3.05) is 19.6 Å². The van der Waals surface area contributed by atoms with Crippen LogP contribution in [-0.2, 0) is 9.59 Å². The van der Waals surface area contributed by atoms with Gasteiger partial charge in [0.2, 0.25) is 11.8 Å². The quantitative estimate of drug-likeness (QED) is 0.761. The second-order valence-corrected chi connectivity index (χ2v) is 6.59. The molecule has 2 aliphatic heterocycles. The van der Waals surface area contributed by atoms with E-state index in [2.05, 4.69) is 5.32 Å². The molecule has 100 valence electrons. The maximum atomic E-state index is 12.1. The van der Waals surface area contributed by atoms with E-state index in [9.17, 15) is 9.59 Å². The summed E-state index contributed by atoms with van der Waals surface area (Å²) in [7, 11) is 0. The van der Waals surface area contributed by atoms with Crippen molar-refractivity contribution in [3.8, 4) is 0 Å². The summed E-state index contributed by atoms with van der Waals surface area (Å²) < 4.78 is 0. The van der Waals surface area contributed by atoms with Gasteiger partial charge in [-0.2, -0.15) is 0 Å². The van der Waals surface area contributed by atoms with Crippen LogP contribution in [0, 0.1) is 23.2 Å². The van der Waals surface area contributed by atoms with Crippen LogP contribution in [0.25, 0.3) is 0 Å². The lowest BCUT2D eigenvalue weighted by atomic mass is 9.94. The Morgan fingerprint density at radius 2 is 1.72 bits per heavy atom. The smallest absolute Gasteiger partial charge is 0.233 e. The molecule has 3 rings (SSSR count). The highest BCUT2D eigenvalue weighted by Gasteiger charge is 2.72. The Morgan fingerprint density at radius 3 is 2.28 bits per heavy atom. The Morgan fingerprint density at radius 1 is 1.17 bits per heavy atom. The predicted octanol–water partition coefficient (Wildman–Crippen LogP) is 1.02. The molecule has 2 amide bonds. The summed E-state index contributed by atoms with van der Waals surface area (Å²) in [4.78, 5) is 25.8. The Bertz CT molecular complexity index is 361. The normalized spacial score (nSPS) is 34.9. The molecule has 0 bridgehead atoms. The summed E-state index contributed by atoms with van der Waals surface area (Å²) in [6, 6.07) is 0. The SMILES string of the molecule is CC1(C)C2C(=O)N(CCC3CCNCC3)C(=O)C21. The van der Waals surface area contributed by atoms with Gasteiger partial charge in [0, 0.05) is 6.54 Å². The zero-order valence-electron chi connectivity index (χ0n) is 11.2. The van der Waals surface area contributed by atoms with E-state index in [1.807, 2.05) is 13.8 Å². The average Bonchev–Trinajstić information content (AvgIpc) is 2.81. The summed E-state index contributed by atoms with van der Waals surface area (Å²) >= 11 is 0. The van der Waals surface area contributed by atoms with E-state index in [0.717, 1.165) is 19.5 Å². The number of rotatable bonds is 3. The number of piperidine rings is 2. The minimum Gasteiger partial charge on any atom is -0.317 e. The maximum absolute atomic E-state index is 12.1. The summed E-state index contributed by atoms with van der Waals surface area (Å²) in [5.74, 6) is 0.820. The number of carbonyl (C=O) groups excluding carboxylic acids is 2. The molecule has 1 N–H and O–H groups in total. The predicted molar refractivity (Wildman–Crippen MR) is 67.7 cm³/mol. The first-order valence-corrected chi connectivity index (χ1v) is 7.09. The van der Waals surface area contributed by atoms with Gasteiger partial charge in [0.15, 0.2) is 0 Å². The first kappa shape index (κ1) is 12.2. The second-order valence-electron chi connectivity index (χ2n) is 6.59. The minimum atomic E-state index is -0.0700. The fourth-order valence-corrected chi connectivity index (χ4v) is 3.71. The molecule has 2 atom stereocenters. The van der Waals surface area contributed by atoms with Crippen LogP contribution < -0.4 is 5.32 Å². The Hall–Kier alpha value is -0.900. The number of amides is 2. The first-order valence-electron chi connectivity index (χ1n) is 7.09. The lowest BCUT2D eigenvalue weighted by molar-refractivity contribution is -0.143. The Balaban J connectivity index is 1.55. The lowest BCUT2D eigenvalue weighted by Crippen LogP contribution is -2.38.